The van der Waals surface area contributed by atoms with E-state index in [1.165, 1.54) is 68.0 Å². The summed E-state index contributed by atoms with van der Waals surface area (Å²) < 4.78 is 5.86. The molecule has 1 unspecified atom stereocenters. The molecule has 59 heavy (non-hydrogen) atoms. The van der Waals surface area contributed by atoms with Gasteiger partial charge in [-0.15, -0.1) is 0 Å². The number of amides is 7. The molecular formula is C41H64N8O10. The quantitative estimate of drug-likeness (QED) is 0.271. The van der Waals surface area contributed by atoms with Crippen molar-refractivity contribution in [1.82, 2.24) is 40.5 Å². The molecule has 0 bridgehead atoms. The van der Waals surface area contributed by atoms with Crippen molar-refractivity contribution < 1.29 is 48.2 Å². The second-order valence-corrected chi connectivity index (χ2v) is 17.0. The van der Waals surface area contributed by atoms with Crippen LogP contribution in [0.5, 0.6) is 5.75 Å². The number of carbonyl (C=O) groups is 8. The third-order valence-electron chi connectivity index (χ3n) is 10.6. The highest BCUT2D eigenvalue weighted by Gasteiger charge is 2.42. The van der Waals surface area contributed by atoms with Crippen molar-refractivity contribution in [2.75, 3.05) is 34.2 Å². The van der Waals surface area contributed by atoms with Crippen molar-refractivity contribution in [3.63, 3.8) is 0 Å². The zero-order chi connectivity index (χ0) is 44.5. The van der Waals surface area contributed by atoms with Crippen LogP contribution in [-0.2, 0) is 38.3 Å². The minimum absolute atomic E-state index is 0.0413. The topological polar surface area (TPSA) is 228 Å². The molecule has 3 rings (SSSR count). The second kappa shape index (κ2) is 21.1. The van der Waals surface area contributed by atoms with Crippen molar-refractivity contribution in [3.05, 3.63) is 24.0 Å². The van der Waals surface area contributed by atoms with Crippen LogP contribution in [0.4, 0.5) is 0 Å². The molecule has 2 fully saturated rings. The van der Waals surface area contributed by atoms with Crippen LogP contribution in [-0.4, -0.2) is 154 Å². The molecule has 1 aromatic heterocycles. The van der Waals surface area contributed by atoms with Gasteiger partial charge in [-0.25, -0.2) is 9.78 Å². The molecule has 18 heteroatoms. The first-order chi connectivity index (χ1) is 27.5. The smallest absolute Gasteiger partial charge is 0.329 e. The van der Waals surface area contributed by atoms with Gasteiger partial charge in [0.1, 0.15) is 48.1 Å². The van der Waals surface area contributed by atoms with Gasteiger partial charge in [-0.05, 0) is 75.8 Å². The molecule has 0 aliphatic carbocycles. The Morgan fingerprint density at radius 1 is 0.847 bits per heavy atom. The number of carbonyl (C=O) groups excluding carboxylic acids is 8. The summed E-state index contributed by atoms with van der Waals surface area (Å²) in [5.41, 5.74) is -0.409. The number of aromatic nitrogens is 1. The fourth-order valence-corrected chi connectivity index (χ4v) is 7.35. The minimum Gasteiger partial charge on any atom is -0.505 e. The van der Waals surface area contributed by atoms with E-state index in [1.54, 1.807) is 0 Å². The predicted molar refractivity (Wildman–Crippen MR) is 216 cm³/mol. The van der Waals surface area contributed by atoms with Crippen molar-refractivity contribution in [2.24, 2.45) is 17.8 Å². The molecule has 7 amide bonds. The monoisotopic (exact) mass is 828 g/mol. The Morgan fingerprint density at radius 3 is 2.05 bits per heavy atom. The van der Waals surface area contributed by atoms with E-state index < -0.39 is 108 Å². The van der Waals surface area contributed by atoms with Crippen molar-refractivity contribution in [1.29, 1.82) is 0 Å². The molecule has 18 nitrogen and oxygen atoms in total. The fraction of sp³-hybridized carbons (Fsp3) is 0.683. The molecular weight excluding hydrogens is 764 g/mol. The largest absolute Gasteiger partial charge is 0.505 e. The van der Waals surface area contributed by atoms with E-state index in [0.717, 1.165) is 4.90 Å². The highest BCUT2D eigenvalue weighted by Crippen LogP contribution is 2.23. The van der Waals surface area contributed by atoms with Crippen LogP contribution < -0.4 is 16.0 Å². The summed E-state index contributed by atoms with van der Waals surface area (Å²) >= 11 is 0. The molecule has 2 saturated heterocycles. The van der Waals surface area contributed by atoms with E-state index in [4.69, 9.17) is 4.74 Å². The third-order valence-corrected chi connectivity index (χ3v) is 10.6. The lowest BCUT2D eigenvalue weighted by atomic mass is 10.00. The highest BCUT2D eigenvalue weighted by atomic mass is 16.5. The Kier molecular flexibility index (Phi) is 17.2. The molecule has 7 atom stereocenters. The van der Waals surface area contributed by atoms with E-state index in [0.29, 0.717) is 12.8 Å². The standard InChI is InChI=1S/C41H64N8O10/c1-22(2)18-27-39(56)49-17-13-14-28(49)40(57)46(9)21-32(51)47(10)29(19-23(3)4)35(52)43-25(7)38(55)48(11)30(20-24(5)6)41(58)59-26(8)33(36(53)44-27)45-37(54)34-31(50)15-12-16-42-34/h12,15-16,22-30,33,50H,13-14,17-21H2,1-11H3,(H,43,52)(H,44,53)(H,45,54)/t25-,26+,27+,28+,29?,30-,33-/m0/s1. The Labute approximate surface area is 347 Å². The van der Waals surface area contributed by atoms with Crippen LogP contribution in [0.25, 0.3) is 0 Å². The van der Waals surface area contributed by atoms with Gasteiger partial charge in [0.15, 0.2) is 5.69 Å². The summed E-state index contributed by atoms with van der Waals surface area (Å²) in [5, 5.41) is 18.3. The number of nitrogens with one attached hydrogen (secondary N) is 3. The average molecular weight is 829 g/mol. The number of ether oxygens (including phenoxy) is 1. The van der Waals surface area contributed by atoms with Crippen LogP contribution in [0.3, 0.4) is 0 Å². The summed E-state index contributed by atoms with van der Waals surface area (Å²) in [6, 6.07) is -4.50. The number of likely N-dealkylation sites (N-methyl/N-ethyl adjacent to an activating group) is 3. The molecule has 0 saturated carbocycles. The summed E-state index contributed by atoms with van der Waals surface area (Å²) in [6.45, 7) is 13.8. The van der Waals surface area contributed by atoms with Gasteiger partial charge in [0, 0.05) is 33.9 Å². The Hall–Kier alpha value is -5.29. The van der Waals surface area contributed by atoms with E-state index in [1.807, 2.05) is 41.5 Å². The highest BCUT2D eigenvalue weighted by molar-refractivity contribution is 6.00. The predicted octanol–water partition coefficient (Wildman–Crippen LogP) is 1.06. The Balaban J connectivity index is 2.15. The van der Waals surface area contributed by atoms with Crippen LogP contribution in [0, 0.1) is 17.8 Å². The third kappa shape index (κ3) is 12.6. The zero-order valence-corrected chi connectivity index (χ0v) is 36.3. The molecule has 3 heterocycles. The maximum absolute atomic E-state index is 14.3. The molecule has 1 aromatic rings. The van der Waals surface area contributed by atoms with Gasteiger partial charge < -0.3 is 45.4 Å². The number of rotatable bonds is 8. The van der Waals surface area contributed by atoms with Gasteiger partial charge in [0.2, 0.25) is 35.4 Å². The molecule has 0 aromatic carbocycles. The summed E-state index contributed by atoms with van der Waals surface area (Å²) in [7, 11) is 4.29. The number of cyclic esters (lactones) is 1. The first kappa shape index (κ1) is 48.1. The van der Waals surface area contributed by atoms with Crippen LogP contribution >= 0.6 is 0 Å². The lowest BCUT2D eigenvalue weighted by Gasteiger charge is -2.35. The van der Waals surface area contributed by atoms with E-state index in [-0.39, 0.29) is 43.6 Å². The lowest BCUT2D eigenvalue weighted by molar-refractivity contribution is -0.161. The molecule has 2 aliphatic heterocycles. The van der Waals surface area contributed by atoms with Gasteiger partial charge in [0.25, 0.3) is 5.91 Å². The summed E-state index contributed by atoms with van der Waals surface area (Å²) in [5.74, 6) is -6.41. The maximum Gasteiger partial charge on any atom is 0.329 e. The van der Waals surface area contributed by atoms with E-state index in [9.17, 15) is 43.5 Å². The van der Waals surface area contributed by atoms with Crippen LogP contribution in [0.1, 0.15) is 98.0 Å². The minimum atomic E-state index is -1.64. The number of hydrogen-bond donors (Lipinski definition) is 4. The average Bonchev–Trinajstić information content (AvgIpc) is 3.65. The number of esters is 1. The SMILES string of the molecule is CC(C)CC1C(=O)N[C@@H](C)C(=O)N(C)[C@@H](CC(C)C)C(=O)O[C@H](C)[C@H](NC(=O)c2ncccc2O)C(=O)N[C@H](CC(C)C)C(=O)N2CCC[C@@H]2C(=O)N(C)CC(=O)N1C. The van der Waals surface area contributed by atoms with Gasteiger partial charge in [-0.2, -0.15) is 0 Å². The van der Waals surface area contributed by atoms with Gasteiger partial charge in [0.05, 0.1) is 6.54 Å². The maximum atomic E-state index is 14.3. The number of nitrogens with zero attached hydrogens (tertiary/aromatic N) is 5. The number of aromatic hydroxyl groups is 1. The number of hydrogen-bond acceptors (Lipinski definition) is 11. The molecule has 0 radical (unpaired) electrons. The normalized spacial score (nSPS) is 26.4. The van der Waals surface area contributed by atoms with E-state index in [2.05, 4.69) is 20.9 Å². The first-order valence-corrected chi connectivity index (χ1v) is 20.4. The lowest BCUT2D eigenvalue weighted by Crippen LogP contribution is -2.60. The molecule has 4 N–H and O–H groups in total. The second-order valence-electron chi connectivity index (χ2n) is 17.0. The van der Waals surface area contributed by atoms with Crippen LogP contribution in [0.15, 0.2) is 18.3 Å². The van der Waals surface area contributed by atoms with Crippen molar-refractivity contribution >= 4 is 47.3 Å². The van der Waals surface area contributed by atoms with Crippen molar-refractivity contribution in [2.45, 2.75) is 130 Å². The number of pyridine rings is 1. The van der Waals surface area contributed by atoms with Crippen molar-refractivity contribution in [3.8, 4) is 5.75 Å². The molecule has 2 aliphatic rings. The summed E-state index contributed by atoms with van der Waals surface area (Å²) in [6.07, 6.45) is 1.15. The number of fused-ring (bicyclic) bond motifs is 1. The van der Waals surface area contributed by atoms with Gasteiger partial charge in [-0.3, -0.25) is 33.6 Å². The molecule has 328 valence electrons. The van der Waals surface area contributed by atoms with Gasteiger partial charge in [-0.1, -0.05) is 41.5 Å². The summed E-state index contributed by atoms with van der Waals surface area (Å²) in [4.78, 5) is 120. The first-order valence-electron chi connectivity index (χ1n) is 20.4. The zero-order valence-electron chi connectivity index (χ0n) is 36.3. The fourth-order valence-electron chi connectivity index (χ4n) is 7.35. The molecule has 0 spiro atoms. The Morgan fingerprint density at radius 2 is 1.46 bits per heavy atom. The Bertz CT molecular complexity index is 1720. The van der Waals surface area contributed by atoms with Gasteiger partial charge >= 0.3 is 5.97 Å². The van der Waals surface area contributed by atoms with E-state index >= 15 is 0 Å². The van der Waals surface area contributed by atoms with Crippen LogP contribution in [0.2, 0.25) is 0 Å².